The Hall–Kier alpha value is -0.660. The normalized spacial score (nSPS) is 20.6. The smallest absolute Gasteiger partial charge is 0.280 e. The SMILES string of the molecule is Cl.O=S(=O)(NC1CCNCC1)N1CCc2ccccc2C1. The number of hydrogen-bond donors (Lipinski definition) is 2. The van der Waals surface area contributed by atoms with Gasteiger partial charge in [-0.25, -0.2) is 0 Å². The van der Waals surface area contributed by atoms with E-state index in [2.05, 4.69) is 16.1 Å². The Balaban J connectivity index is 0.00000161. The fraction of sp³-hybridized carbons (Fsp3) is 0.571. The summed E-state index contributed by atoms with van der Waals surface area (Å²) >= 11 is 0. The standard InChI is InChI=1S/C14H21N3O2S.ClH/c18-20(19,16-14-5-8-15-9-6-14)17-10-7-12-3-1-2-4-13(12)11-17;/h1-4,14-16H,5-11H2;1H. The maximum Gasteiger partial charge on any atom is 0.280 e. The second-order valence-electron chi connectivity index (χ2n) is 5.50. The lowest BCUT2D eigenvalue weighted by Gasteiger charge is -2.31. The van der Waals surface area contributed by atoms with Crippen molar-refractivity contribution >= 4 is 22.6 Å². The number of piperidine rings is 1. The van der Waals surface area contributed by atoms with E-state index in [4.69, 9.17) is 0 Å². The van der Waals surface area contributed by atoms with Crippen LogP contribution in [0.15, 0.2) is 24.3 Å². The average Bonchev–Trinajstić information content (AvgIpc) is 2.47. The van der Waals surface area contributed by atoms with Crippen molar-refractivity contribution in [3.05, 3.63) is 35.4 Å². The molecular weight excluding hydrogens is 310 g/mol. The van der Waals surface area contributed by atoms with Gasteiger partial charge in [0.25, 0.3) is 10.2 Å². The monoisotopic (exact) mass is 331 g/mol. The van der Waals surface area contributed by atoms with Crippen molar-refractivity contribution in [1.82, 2.24) is 14.3 Å². The topological polar surface area (TPSA) is 61.4 Å². The van der Waals surface area contributed by atoms with E-state index in [1.165, 1.54) is 5.56 Å². The highest BCUT2D eigenvalue weighted by Gasteiger charge is 2.29. The van der Waals surface area contributed by atoms with Crippen LogP contribution in [-0.4, -0.2) is 38.4 Å². The summed E-state index contributed by atoms with van der Waals surface area (Å²) < 4.78 is 29.3. The molecule has 1 fully saturated rings. The Morgan fingerprint density at radius 1 is 1.14 bits per heavy atom. The molecule has 3 rings (SSSR count). The van der Waals surface area contributed by atoms with Gasteiger partial charge in [-0.05, 0) is 43.5 Å². The molecule has 0 aliphatic carbocycles. The quantitative estimate of drug-likeness (QED) is 0.870. The first kappa shape index (κ1) is 16.7. The summed E-state index contributed by atoms with van der Waals surface area (Å²) in [4.78, 5) is 0. The highest BCUT2D eigenvalue weighted by molar-refractivity contribution is 7.87. The number of halogens is 1. The molecule has 0 unspecified atom stereocenters. The molecule has 0 radical (unpaired) electrons. The molecule has 0 aromatic heterocycles. The predicted molar refractivity (Wildman–Crippen MR) is 85.8 cm³/mol. The second kappa shape index (κ2) is 7.07. The Morgan fingerprint density at radius 3 is 2.52 bits per heavy atom. The lowest BCUT2D eigenvalue weighted by Crippen LogP contribution is -2.49. The number of nitrogens with one attached hydrogen (secondary N) is 2. The second-order valence-corrected chi connectivity index (χ2v) is 7.20. The molecule has 1 aromatic carbocycles. The van der Waals surface area contributed by atoms with Gasteiger partial charge in [0.2, 0.25) is 0 Å². The van der Waals surface area contributed by atoms with Gasteiger partial charge in [0.1, 0.15) is 0 Å². The van der Waals surface area contributed by atoms with Crippen LogP contribution in [0.5, 0.6) is 0 Å². The molecule has 0 spiro atoms. The molecule has 2 N–H and O–H groups in total. The van der Waals surface area contributed by atoms with E-state index in [9.17, 15) is 8.42 Å². The largest absolute Gasteiger partial charge is 0.317 e. The van der Waals surface area contributed by atoms with Gasteiger partial charge in [-0.1, -0.05) is 24.3 Å². The molecule has 0 atom stereocenters. The molecule has 21 heavy (non-hydrogen) atoms. The van der Waals surface area contributed by atoms with Gasteiger partial charge >= 0.3 is 0 Å². The molecule has 1 aromatic rings. The Bertz CT molecular complexity index is 573. The van der Waals surface area contributed by atoms with Crippen LogP contribution in [0.25, 0.3) is 0 Å². The van der Waals surface area contributed by atoms with Crippen LogP contribution in [0.4, 0.5) is 0 Å². The van der Waals surface area contributed by atoms with Crippen LogP contribution in [0, 0.1) is 0 Å². The molecule has 0 bridgehead atoms. The summed E-state index contributed by atoms with van der Waals surface area (Å²) in [6.07, 6.45) is 2.52. The number of nitrogens with zero attached hydrogens (tertiary/aromatic N) is 1. The zero-order valence-electron chi connectivity index (χ0n) is 11.9. The van der Waals surface area contributed by atoms with Gasteiger partial charge in [-0.3, -0.25) is 0 Å². The first-order valence-electron chi connectivity index (χ1n) is 7.20. The van der Waals surface area contributed by atoms with Gasteiger partial charge in [-0.15, -0.1) is 12.4 Å². The lowest BCUT2D eigenvalue weighted by molar-refractivity contribution is 0.364. The Kier molecular flexibility index (Phi) is 5.62. The van der Waals surface area contributed by atoms with Crippen molar-refractivity contribution in [2.45, 2.75) is 31.8 Å². The third-order valence-corrected chi connectivity index (χ3v) is 5.71. The maximum absolute atomic E-state index is 12.5. The third kappa shape index (κ3) is 3.96. The molecule has 118 valence electrons. The van der Waals surface area contributed by atoms with E-state index in [-0.39, 0.29) is 18.4 Å². The van der Waals surface area contributed by atoms with E-state index in [0.29, 0.717) is 13.1 Å². The fourth-order valence-corrected chi connectivity index (χ4v) is 4.35. The van der Waals surface area contributed by atoms with E-state index in [1.54, 1.807) is 4.31 Å². The Labute approximate surface area is 132 Å². The zero-order valence-corrected chi connectivity index (χ0v) is 13.5. The Morgan fingerprint density at radius 2 is 1.81 bits per heavy atom. The molecule has 0 amide bonds. The first-order valence-corrected chi connectivity index (χ1v) is 8.64. The summed E-state index contributed by atoms with van der Waals surface area (Å²) in [5.74, 6) is 0. The van der Waals surface area contributed by atoms with Crippen LogP contribution in [-0.2, 0) is 23.2 Å². The minimum atomic E-state index is -3.37. The number of rotatable bonds is 3. The molecule has 2 aliphatic heterocycles. The molecule has 7 heteroatoms. The van der Waals surface area contributed by atoms with Crippen LogP contribution >= 0.6 is 12.4 Å². The van der Waals surface area contributed by atoms with Crippen molar-refractivity contribution in [1.29, 1.82) is 0 Å². The van der Waals surface area contributed by atoms with Gasteiger partial charge in [0.15, 0.2) is 0 Å². The number of hydrogen-bond acceptors (Lipinski definition) is 3. The lowest BCUT2D eigenvalue weighted by atomic mass is 10.0. The van der Waals surface area contributed by atoms with Crippen molar-refractivity contribution in [2.24, 2.45) is 0 Å². The fourth-order valence-electron chi connectivity index (χ4n) is 2.90. The first-order chi connectivity index (χ1) is 9.65. The highest BCUT2D eigenvalue weighted by atomic mass is 35.5. The summed E-state index contributed by atoms with van der Waals surface area (Å²) in [5.41, 5.74) is 2.38. The third-order valence-electron chi connectivity index (χ3n) is 4.09. The summed E-state index contributed by atoms with van der Waals surface area (Å²) in [6.45, 7) is 2.82. The van der Waals surface area contributed by atoms with Gasteiger partial charge in [0, 0.05) is 19.1 Å². The minimum Gasteiger partial charge on any atom is -0.317 e. The van der Waals surface area contributed by atoms with Crippen LogP contribution in [0.2, 0.25) is 0 Å². The summed E-state index contributed by atoms with van der Waals surface area (Å²) in [7, 11) is -3.37. The van der Waals surface area contributed by atoms with Gasteiger partial charge in [0.05, 0.1) is 0 Å². The van der Waals surface area contributed by atoms with Gasteiger partial charge in [-0.2, -0.15) is 17.4 Å². The van der Waals surface area contributed by atoms with Crippen molar-refractivity contribution < 1.29 is 8.42 Å². The van der Waals surface area contributed by atoms with Crippen molar-refractivity contribution in [2.75, 3.05) is 19.6 Å². The maximum atomic E-state index is 12.5. The van der Waals surface area contributed by atoms with Gasteiger partial charge < -0.3 is 5.32 Å². The molecular formula is C14H22ClN3O2S. The van der Waals surface area contributed by atoms with E-state index >= 15 is 0 Å². The van der Waals surface area contributed by atoms with E-state index in [0.717, 1.165) is 37.9 Å². The number of benzene rings is 1. The molecule has 1 saturated heterocycles. The average molecular weight is 332 g/mol. The minimum absolute atomic E-state index is 0. The highest BCUT2D eigenvalue weighted by Crippen LogP contribution is 2.20. The molecule has 2 heterocycles. The predicted octanol–water partition coefficient (Wildman–Crippen LogP) is 1.05. The van der Waals surface area contributed by atoms with Crippen LogP contribution in [0.3, 0.4) is 0 Å². The zero-order chi connectivity index (χ0) is 14.0. The number of fused-ring (bicyclic) bond motifs is 1. The van der Waals surface area contributed by atoms with Crippen LogP contribution < -0.4 is 10.0 Å². The van der Waals surface area contributed by atoms with E-state index in [1.807, 2.05) is 18.2 Å². The summed E-state index contributed by atoms with van der Waals surface area (Å²) in [5, 5.41) is 3.24. The van der Waals surface area contributed by atoms with E-state index < -0.39 is 10.2 Å². The summed E-state index contributed by atoms with van der Waals surface area (Å²) in [6, 6.07) is 8.14. The van der Waals surface area contributed by atoms with Crippen LogP contribution in [0.1, 0.15) is 24.0 Å². The van der Waals surface area contributed by atoms with Crippen molar-refractivity contribution in [3.63, 3.8) is 0 Å². The molecule has 2 aliphatic rings. The molecule has 0 saturated carbocycles. The van der Waals surface area contributed by atoms with Crippen molar-refractivity contribution in [3.8, 4) is 0 Å². The molecule has 5 nitrogen and oxygen atoms in total.